The molecule has 3 amide bonds. The van der Waals surface area contributed by atoms with Gasteiger partial charge in [-0.3, -0.25) is 9.69 Å². The molecule has 0 radical (unpaired) electrons. The molecule has 1 aliphatic heterocycles. The fourth-order valence-electron chi connectivity index (χ4n) is 3.72. The molecular weight excluding hydrogens is 424 g/mol. The Morgan fingerprint density at radius 3 is 2.34 bits per heavy atom. The zero-order valence-electron chi connectivity index (χ0n) is 18.8. The van der Waals surface area contributed by atoms with Gasteiger partial charge in [0.25, 0.3) is 5.91 Å². The molecule has 1 saturated heterocycles. The second kappa shape index (κ2) is 12.5. The molecule has 0 spiro atoms. The summed E-state index contributed by atoms with van der Waals surface area (Å²) in [7, 11) is 0. The number of nitrogens with zero attached hydrogens (tertiary/aromatic N) is 2. The van der Waals surface area contributed by atoms with Gasteiger partial charge in [-0.05, 0) is 48.2 Å². The van der Waals surface area contributed by atoms with Crippen LogP contribution in [0.1, 0.15) is 47.7 Å². The second-order valence-corrected chi connectivity index (χ2v) is 8.64. The van der Waals surface area contributed by atoms with Gasteiger partial charge in [-0.25, -0.2) is 4.79 Å². The van der Waals surface area contributed by atoms with E-state index in [1.807, 2.05) is 41.3 Å². The summed E-state index contributed by atoms with van der Waals surface area (Å²) in [6, 6.07) is 15.3. The number of halogens is 1. The van der Waals surface area contributed by atoms with Gasteiger partial charge in [0.2, 0.25) is 0 Å². The smallest absolute Gasteiger partial charge is 0.317 e. The molecule has 0 aromatic heterocycles. The minimum atomic E-state index is -0.0539. The molecule has 0 aliphatic carbocycles. The van der Waals surface area contributed by atoms with Crippen LogP contribution in [-0.2, 0) is 13.1 Å². The second-order valence-electron chi connectivity index (χ2n) is 8.21. The van der Waals surface area contributed by atoms with E-state index in [4.69, 9.17) is 11.6 Å². The molecule has 1 aliphatic rings. The van der Waals surface area contributed by atoms with E-state index < -0.39 is 0 Å². The molecule has 172 valence electrons. The topological polar surface area (TPSA) is 64.7 Å². The molecule has 3 rings (SSSR count). The first-order valence-electron chi connectivity index (χ1n) is 11.4. The van der Waals surface area contributed by atoms with Gasteiger partial charge in [0.15, 0.2) is 0 Å². The lowest BCUT2D eigenvalue weighted by molar-refractivity contribution is 0.0953. The summed E-state index contributed by atoms with van der Waals surface area (Å²) in [5.74, 6) is -0.0539. The lowest BCUT2D eigenvalue weighted by atomic mass is 10.1. The van der Waals surface area contributed by atoms with Crippen molar-refractivity contribution in [3.63, 3.8) is 0 Å². The summed E-state index contributed by atoms with van der Waals surface area (Å²) >= 11 is 5.97. The monoisotopic (exact) mass is 456 g/mol. The van der Waals surface area contributed by atoms with Crippen molar-refractivity contribution in [1.82, 2.24) is 20.4 Å². The molecule has 0 unspecified atom stereocenters. The van der Waals surface area contributed by atoms with Crippen molar-refractivity contribution < 1.29 is 9.59 Å². The maximum Gasteiger partial charge on any atom is 0.317 e. The predicted molar refractivity (Wildman–Crippen MR) is 129 cm³/mol. The number of carbonyl (C=O) groups is 2. The molecule has 7 heteroatoms. The van der Waals surface area contributed by atoms with E-state index in [2.05, 4.69) is 34.6 Å². The van der Waals surface area contributed by atoms with Crippen molar-refractivity contribution in [1.29, 1.82) is 0 Å². The molecule has 6 nitrogen and oxygen atoms in total. The van der Waals surface area contributed by atoms with E-state index in [9.17, 15) is 9.59 Å². The number of rotatable bonds is 8. The van der Waals surface area contributed by atoms with Crippen molar-refractivity contribution in [2.75, 3.05) is 32.7 Å². The van der Waals surface area contributed by atoms with Gasteiger partial charge in [0.05, 0.1) is 0 Å². The predicted octanol–water partition coefficient (Wildman–Crippen LogP) is 4.29. The van der Waals surface area contributed by atoms with Crippen LogP contribution in [0.5, 0.6) is 0 Å². The average Bonchev–Trinajstić information content (AvgIpc) is 3.05. The molecule has 0 bridgehead atoms. The summed E-state index contributed by atoms with van der Waals surface area (Å²) in [5, 5.41) is 6.67. The number of amides is 3. The Hall–Kier alpha value is -2.57. The number of hydrogen-bond donors (Lipinski definition) is 2. The molecule has 32 heavy (non-hydrogen) atoms. The van der Waals surface area contributed by atoms with Crippen molar-refractivity contribution in [2.24, 2.45) is 0 Å². The molecule has 1 heterocycles. The highest BCUT2D eigenvalue weighted by atomic mass is 35.5. The number of urea groups is 1. The standard InChI is InChI=1S/C25H33ClN4O2/c1-2-3-13-27-24(31)22-9-5-20(6-10-22)18-28-25(32)30-15-4-14-29(16-17-30)19-21-7-11-23(26)12-8-21/h5-12H,2-4,13-19H2,1H3,(H,27,31)(H,28,32). The zero-order valence-corrected chi connectivity index (χ0v) is 19.5. The first kappa shape index (κ1) is 24.1. The molecule has 2 aromatic carbocycles. The third-order valence-electron chi connectivity index (χ3n) is 5.67. The summed E-state index contributed by atoms with van der Waals surface area (Å²) < 4.78 is 0. The SMILES string of the molecule is CCCCNC(=O)c1ccc(CNC(=O)N2CCCN(Cc3ccc(Cl)cc3)CC2)cc1. The highest BCUT2D eigenvalue weighted by Gasteiger charge is 2.19. The van der Waals surface area contributed by atoms with E-state index in [-0.39, 0.29) is 11.9 Å². The average molecular weight is 457 g/mol. The Labute approximate surface area is 195 Å². The maximum absolute atomic E-state index is 12.7. The Morgan fingerprint density at radius 2 is 1.62 bits per heavy atom. The Bertz CT molecular complexity index is 871. The number of hydrogen-bond acceptors (Lipinski definition) is 3. The van der Waals surface area contributed by atoms with Crippen LogP contribution in [0.4, 0.5) is 4.79 Å². The van der Waals surface area contributed by atoms with Crippen LogP contribution in [0.15, 0.2) is 48.5 Å². The van der Waals surface area contributed by atoms with Crippen molar-refractivity contribution in [3.8, 4) is 0 Å². The van der Waals surface area contributed by atoms with Crippen molar-refractivity contribution >= 4 is 23.5 Å². The van der Waals surface area contributed by atoms with Gasteiger partial charge >= 0.3 is 6.03 Å². The largest absolute Gasteiger partial charge is 0.352 e. The Morgan fingerprint density at radius 1 is 0.906 bits per heavy atom. The van der Waals surface area contributed by atoms with Gasteiger partial charge in [0.1, 0.15) is 0 Å². The fraction of sp³-hybridized carbons (Fsp3) is 0.440. The lowest BCUT2D eigenvalue weighted by Gasteiger charge is -2.22. The van der Waals surface area contributed by atoms with Crippen LogP contribution in [0.2, 0.25) is 5.02 Å². The highest BCUT2D eigenvalue weighted by molar-refractivity contribution is 6.30. The normalized spacial score (nSPS) is 14.6. The zero-order chi connectivity index (χ0) is 22.8. The van der Waals surface area contributed by atoms with Crippen LogP contribution in [0.25, 0.3) is 0 Å². The lowest BCUT2D eigenvalue weighted by Crippen LogP contribution is -2.41. The third kappa shape index (κ3) is 7.53. The minimum absolute atomic E-state index is 0.0419. The van der Waals surface area contributed by atoms with Crippen LogP contribution in [0.3, 0.4) is 0 Å². The molecule has 2 N–H and O–H groups in total. The summed E-state index contributed by atoms with van der Waals surface area (Å²) in [6.07, 6.45) is 2.98. The quantitative estimate of drug-likeness (QED) is 0.582. The number of nitrogens with one attached hydrogen (secondary N) is 2. The van der Waals surface area contributed by atoms with E-state index in [1.54, 1.807) is 0 Å². The third-order valence-corrected chi connectivity index (χ3v) is 5.92. The van der Waals surface area contributed by atoms with Gasteiger partial charge < -0.3 is 15.5 Å². The van der Waals surface area contributed by atoms with Gasteiger partial charge in [0, 0.05) is 56.4 Å². The van der Waals surface area contributed by atoms with Crippen LogP contribution >= 0.6 is 11.6 Å². The van der Waals surface area contributed by atoms with Crippen LogP contribution in [0, 0.1) is 0 Å². The van der Waals surface area contributed by atoms with Gasteiger partial charge in [-0.2, -0.15) is 0 Å². The van der Waals surface area contributed by atoms with E-state index in [1.165, 1.54) is 5.56 Å². The van der Waals surface area contributed by atoms with Crippen molar-refractivity contribution in [3.05, 3.63) is 70.2 Å². The van der Waals surface area contributed by atoms with E-state index >= 15 is 0 Å². The fourth-order valence-corrected chi connectivity index (χ4v) is 3.85. The van der Waals surface area contributed by atoms with Crippen LogP contribution in [-0.4, -0.2) is 54.5 Å². The summed E-state index contributed by atoms with van der Waals surface area (Å²) in [6.45, 7) is 7.37. The summed E-state index contributed by atoms with van der Waals surface area (Å²) in [5.41, 5.74) is 2.85. The number of carbonyl (C=O) groups excluding carboxylic acids is 2. The first-order valence-corrected chi connectivity index (χ1v) is 11.8. The molecule has 2 aromatic rings. The van der Waals surface area contributed by atoms with Gasteiger partial charge in [-0.1, -0.05) is 49.2 Å². The van der Waals surface area contributed by atoms with E-state index in [0.717, 1.165) is 56.0 Å². The first-order chi connectivity index (χ1) is 15.5. The minimum Gasteiger partial charge on any atom is -0.352 e. The molecular formula is C25H33ClN4O2. The number of unbranched alkanes of at least 4 members (excludes halogenated alkanes) is 1. The maximum atomic E-state index is 12.7. The molecule has 0 saturated carbocycles. The Balaban J connectivity index is 1.42. The van der Waals surface area contributed by atoms with Crippen LogP contribution < -0.4 is 10.6 Å². The van der Waals surface area contributed by atoms with E-state index in [0.29, 0.717) is 25.2 Å². The molecule has 1 fully saturated rings. The highest BCUT2D eigenvalue weighted by Crippen LogP contribution is 2.13. The number of benzene rings is 2. The Kier molecular flexibility index (Phi) is 9.38. The van der Waals surface area contributed by atoms with Crippen molar-refractivity contribution in [2.45, 2.75) is 39.3 Å². The summed E-state index contributed by atoms with van der Waals surface area (Å²) in [4.78, 5) is 29.0. The van der Waals surface area contributed by atoms with Gasteiger partial charge in [-0.15, -0.1) is 0 Å². The molecule has 0 atom stereocenters.